The molecule has 0 amide bonds. The van der Waals surface area contributed by atoms with Gasteiger partial charge in [0.25, 0.3) is 0 Å². The lowest BCUT2D eigenvalue weighted by Crippen LogP contribution is -2.09. The summed E-state index contributed by atoms with van der Waals surface area (Å²) in [6.45, 7) is 1.35. The third kappa shape index (κ3) is 3.28. The Morgan fingerprint density at radius 2 is 1.57 bits per heavy atom. The van der Waals surface area contributed by atoms with Crippen LogP contribution in [-0.2, 0) is 0 Å². The smallest absolute Gasteiger partial charge is 0.244 e. The van der Waals surface area contributed by atoms with E-state index in [0.717, 1.165) is 12.1 Å². The second kappa shape index (κ2) is 7.67. The predicted molar refractivity (Wildman–Crippen MR) is 99.0 cm³/mol. The minimum absolute atomic E-state index is 0.349. The third-order valence-corrected chi connectivity index (χ3v) is 4.24. The molecule has 0 spiro atoms. The standard InChI is InChI=1S/C20H18F2N2O4/c1-11(25)24-19(13-8-17(26-2)20(28-4)18(9-13)27-3)14(10-23-24)12-5-6-15(21)16(22)7-12/h5-10H,1-4H3. The first kappa shape index (κ1) is 19.3. The molecule has 6 nitrogen and oxygen atoms in total. The number of hydrogen-bond donors (Lipinski definition) is 0. The Morgan fingerprint density at radius 3 is 2.07 bits per heavy atom. The molecule has 0 bridgehead atoms. The fraction of sp³-hybridized carbons (Fsp3) is 0.200. The molecule has 0 unspecified atom stereocenters. The molecule has 3 rings (SSSR count). The van der Waals surface area contributed by atoms with Crippen LogP contribution in [0, 0.1) is 11.6 Å². The molecule has 1 aromatic heterocycles. The molecular weight excluding hydrogens is 370 g/mol. The molecule has 1 heterocycles. The number of hydrogen-bond acceptors (Lipinski definition) is 5. The van der Waals surface area contributed by atoms with Gasteiger partial charge in [-0.1, -0.05) is 6.07 Å². The molecule has 28 heavy (non-hydrogen) atoms. The Hall–Kier alpha value is -3.42. The summed E-state index contributed by atoms with van der Waals surface area (Å²) in [7, 11) is 4.42. The highest BCUT2D eigenvalue weighted by Crippen LogP contribution is 2.43. The van der Waals surface area contributed by atoms with Gasteiger partial charge in [0.05, 0.1) is 33.2 Å². The molecule has 8 heteroatoms. The highest BCUT2D eigenvalue weighted by Gasteiger charge is 2.22. The highest BCUT2D eigenvalue weighted by molar-refractivity contribution is 5.90. The van der Waals surface area contributed by atoms with Crippen LogP contribution in [0.5, 0.6) is 17.2 Å². The molecule has 0 atom stereocenters. The summed E-state index contributed by atoms with van der Waals surface area (Å²) in [6.07, 6.45) is 1.42. The van der Waals surface area contributed by atoms with Crippen molar-refractivity contribution < 1.29 is 27.8 Å². The van der Waals surface area contributed by atoms with Crippen LogP contribution < -0.4 is 14.2 Å². The van der Waals surface area contributed by atoms with Crippen LogP contribution in [0.1, 0.15) is 11.7 Å². The van der Waals surface area contributed by atoms with E-state index in [1.807, 2.05) is 0 Å². The zero-order chi connectivity index (χ0) is 20.4. The molecule has 146 valence electrons. The van der Waals surface area contributed by atoms with Gasteiger partial charge in [0.1, 0.15) is 0 Å². The largest absolute Gasteiger partial charge is 0.493 e. The average molecular weight is 388 g/mol. The predicted octanol–water partition coefficient (Wildman–Crippen LogP) is 4.18. The lowest BCUT2D eigenvalue weighted by Gasteiger charge is -2.15. The molecule has 0 aliphatic rings. The van der Waals surface area contributed by atoms with Crippen molar-refractivity contribution in [2.75, 3.05) is 21.3 Å². The summed E-state index contributed by atoms with van der Waals surface area (Å²) in [5.74, 6) is -1.16. The maximum atomic E-state index is 13.8. The second-order valence-electron chi connectivity index (χ2n) is 5.88. The molecule has 0 radical (unpaired) electrons. The van der Waals surface area contributed by atoms with Crippen molar-refractivity contribution in [2.45, 2.75) is 6.92 Å². The van der Waals surface area contributed by atoms with Gasteiger partial charge in [0.15, 0.2) is 23.1 Å². The third-order valence-electron chi connectivity index (χ3n) is 4.24. The Bertz CT molecular complexity index is 1020. The van der Waals surface area contributed by atoms with Crippen LogP contribution in [-0.4, -0.2) is 37.0 Å². The molecule has 2 aromatic carbocycles. The zero-order valence-corrected chi connectivity index (χ0v) is 15.7. The molecule has 0 saturated carbocycles. The summed E-state index contributed by atoms with van der Waals surface area (Å²) < 4.78 is 44.4. The maximum Gasteiger partial charge on any atom is 0.244 e. The van der Waals surface area contributed by atoms with E-state index in [1.54, 1.807) is 12.1 Å². The summed E-state index contributed by atoms with van der Waals surface area (Å²) in [5.41, 5.74) is 1.73. The molecule has 0 N–H and O–H groups in total. The number of aromatic nitrogens is 2. The SMILES string of the molecule is COc1cc(-c2c(-c3ccc(F)c(F)c3)cnn2C(C)=O)cc(OC)c1OC. The normalized spacial score (nSPS) is 10.6. The fourth-order valence-corrected chi connectivity index (χ4v) is 2.96. The molecule has 3 aromatic rings. The Balaban J connectivity index is 2.30. The number of carbonyl (C=O) groups excluding carboxylic acids is 1. The first-order chi connectivity index (χ1) is 13.4. The minimum atomic E-state index is -0.996. The average Bonchev–Trinajstić information content (AvgIpc) is 3.14. The van der Waals surface area contributed by atoms with Gasteiger partial charge in [0.2, 0.25) is 11.7 Å². The van der Waals surface area contributed by atoms with E-state index < -0.39 is 11.6 Å². The van der Waals surface area contributed by atoms with Crippen LogP contribution in [0.25, 0.3) is 22.4 Å². The van der Waals surface area contributed by atoms with Gasteiger partial charge in [-0.25, -0.2) is 8.78 Å². The Morgan fingerprint density at radius 1 is 0.929 bits per heavy atom. The van der Waals surface area contributed by atoms with E-state index in [-0.39, 0.29) is 5.91 Å². The second-order valence-corrected chi connectivity index (χ2v) is 5.88. The summed E-state index contributed by atoms with van der Waals surface area (Å²) in [4.78, 5) is 12.1. The van der Waals surface area contributed by atoms with Gasteiger partial charge in [-0.2, -0.15) is 9.78 Å². The van der Waals surface area contributed by atoms with Crippen molar-refractivity contribution in [3.63, 3.8) is 0 Å². The number of ether oxygens (including phenoxy) is 3. The van der Waals surface area contributed by atoms with Crippen molar-refractivity contribution in [2.24, 2.45) is 0 Å². The molecule has 0 fully saturated rings. The number of rotatable bonds is 5. The number of methoxy groups -OCH3 is 3. The van der Waals surface area contributed by atoms with Crippen LogP contribution in [0.2, 0.25) is 0 Å². The zero-order valence-electron chi connectivity index (χ0n) is 15.7. The fourth-order valence-electron chi connectivity index (χ4n) is 2.96. The molecule has 0 saturated heterocycles. The quantitative estimate of drug-likeness (QED) is 0.656. The van der Waals surface area contributed by atoms with Crippen LogP contribution in [0.15, 0.2) is 36.5 Å². The lowest BCUT2D eigenvalue weighted by atomic mass is 10.0. The molecular formula is C20H18F2N2O4. The summed E-state index contributed by atoms with van der Waals surface area (Å²) >= 11 is 0. The van der Waals surface area contributed by atoms with Crippen LogP contribution in [0.3, 0.4) is 0 Å². The monoisotopic (exact) mass is 388 g/mol. The van der Waals surface area contributed by atoms with Gasteiger partial charge in [0, 0.05) is 18.1 Å². The van der Waals surface area contributed by atoms with E-state index in [1.165, 1.54) is 45.2 Å². The highest BCUT2D eigenvalue weighted by atomic mass is 19.2. The van der Waals surface area contributed by atoms with Gasteiger partial charge in [-0.3, -0.25) is 4.79 Å². The van der Waals surface area contributed by atoms with E-state index >= 15 is 0 Å². The molecule has 0 aliphatic heterocycles. The van der Waals surface area contributed by atoms with Gasteiger partial charge < -0.3 is 14.2 Å². The summed E-state index contributed by atoms with van der Waals surface area (Å²) in [5, 5.41) is 4.11. The van der Waals surface area contributed by atoms with Gasteiger partial charge in [-0.05, 0) is 29.8 Å². The molecule has 0 aliphatic carbocycles. The van der Waals surface area contributed by atoms with E-state index in [9.17, 15) is 13.6 Å². The Labute approximate surface area is 160 Å². The first-order valence-electron chi connectivity index (χ1n) is 8.26. The number of nitrogens with zero attached hydrogens (tertiary/aromatic N) is 2. The van der Waals surface area contributed by atoms with Crippen molar-refractivity contribution in [3.05, 3.63) is 48.2 Å². The van der Waals surface area contributed by atoms with Gasteiger partial charge in [-0.15, -0.1) is 0 Å². The van der Waals surface area contributed by atoms with Crippen LogP contribution in [0.4, 0.5) is 8.78 Å². The van der Waals surface area contributed by atoms with E-state index in [2.05, 4.69) is 5.10 Å². The minimum Gasteiger partial charge on any atom is -0.493 e. The van der Waals surface area contributed by atoms with Crippen molar-refractivity contribution in [1.82, 2.24) is 9.78 Å². The van der Waals surface area contributed by atoms with Gasteiger partial charge >= 0.3 is 0 Å². The number of benzene rings is 2. The van der Waals surface area contributed by atoms with Crippen molar-refractivity contribution in [3.8, 4) is 39.6 Å². The summed E-state index contributed by atoms with van der Waals surface area (Å²) in [6, 6.07) is 6.80. The van der Waals surface area contributed by atoms with E-state index in [4.69, 9.17) is 14.2 Å². The number of halogens is 2. The Kier molecular flexibility index (Phi) is 5.30. The maximum absolute atomic E-state index is 13.8. The number of carbonyl (C=O) groups is 1. The first-order valence-corrected chi connectivity index (χ1v) is 8.26. The lowest BCUT2D eigenvalue weighted by molar-refractivity contribution is 0.0923. The van der Waals surface area contributed by atoms with Crippen molar-refractivity contribution >= 4 is 5.91 Å². The van der Waals surface area contributed by atoms with Crippen LogP contribution >= 0.6 is 0 Å². The topological polar surface area (TPSA) is 62.6 Å². The van der Waals surface area contributed by atoms with E-state index in [0.29, 0.717) is 39.6 Å². The van der Waals surface area contributed by atoms with Crippen molar-refractivity contribution in [1.29, 1.82) is 0 Å².